The van der Waals surface area contributed by atoms with Crippen molar-refractivity contribution in [2.45, 2.75) is 6.92 Å². The summed E-state index contributed by atoms with van der Waals surface area (Å²) in [6.07, 6.45) is 0. The Kier molecular flexibility index (Phi) is 4.90. The minimum atomic E-state index is 1.03. The van der Waals surface area contributed by atoms with Gasteiger partial charge in [0.05, 0.1) is 0 Å². The molecule has 0 bridgehead atoms. The first kappa shape index (κ1) is 16.8. The third-order valence-corrected chi connectivity index (χ3v) is 4.56. The second-order valence-corrected chi connectivity index (χ2v) is 6.13. The van der Waals surface area contributed by atoms with Crippen LogP contribution in [0.25, 0.3) is 16.7 Å². The highest BCUT2D eigenvalue weighted by Crippen LogP contribution is 2.36. The van der Waals surface area contributed by atoms with Crippen molar-refractivity contribution in [3.63, 3.8) is 0 Å². The molecule has 2 N–H and O–H groups in total. The number of benzene rings is 3. The predicted molar refractivity (Wildman–Crippen MR) is 110 cm³/mol. The first-order valence-corrected chi connectivity index (χ1v) is 8.49. The lowest BCUT2D eigenvalue weighted by molar-refractivity contribution is 1.41. The zero-order valence-electron chi connectivity index (χ0n) is 15.1. The van der Waals surface area contributed by atoms with Gasteiger partial charge in [-0.1, -0.05) is 49.0 Å². The standard InChI is InChI=1S/C23H24N2/c1-16-14-19(24-3)10-12-21(16)22-13-11-20(25-4)15-23(22)17(2)18-8-6-5-7-9-18/h5-15,24-25H,2H2,1,3-4H3. The Balaban J connectivity index is 2.16. The van der Waals surface area contributed by atoms with Gasteiger partial charge in [-0.25, -0.2) is 0 Å². The van der Waals surface area contributed by atoms with Crippen LogP contribution in [0.2, 0.25) is 0 Å². The Morgan fingerprint density at radius 3 is 1.96 bits per heavy atom. The van der Waals surface area contributed by atoms with Crippen molar-refractivity contribution in [2.75, 3.05) is 24.7 Å². The van der Waals surface area contributed by atoms with E-state index in [1.807, 2.05) is 20.2 Å². The topological polar surface area (TPSA) is 24.1 Å². The van der Waals surface area contributed by atoms with Crippen molar-refractivity contribution in [1.29, 1.82) is 0 Å². The Morgan fingerprint density at radius 1 is 0.760 bits per heavy atom. The summed E-state index contributed by atoms with van der Waals surface area (Å²) < 4.78 is 0. The third-order valence-electron chi connectivity index (χ3n) is 4.56. The van der Waals surface area contributed by atoms with E-state index in [1.54, 1.807) is 0 Å². The van der Waals surface area contributed by atoms with Crippen molar-refractivity contribution >= 4 is 16.9 Å². The normalized spacial score (nSPS) is 10.4. The van der Waals surface area contributed by atoms with E-state index in [0.717, 1.165) is 28.1 Å². The highest BCUT2D eigenvalue weighted by Gasteiger charge is 2.13. The Labute approximate surface area is 150 Å². The average molecular weight is 328 g/mol. The molecule has 25 heavy (non-hydrogen) atoms. The second kappa shape index (κ2) is 7.27. The smallest absolute Gasteiger partial charge is 0.0344 e. The maximum absolute atomic E-state index is 4.38. The monoisotopic (exact) mass is 328 g/mol. The van der Waals surface area contributed by atoms with E-state index < -0.39 is 0 Å². The first-order valence-electron chi connectivity index (χ1n) is 8.49. The van der Waals surface area contributed by atoms with Gasteiger partial charge in [-0.3, -0.25) is 0 Å². The molecule has 0 atom stereocenters. The summed E-state index contributed by atoms with van der Waals surface area (Å²) >= 11 is 0. The van der Waals surface area contributed by atoms with Gasteiger partial charge < -0.3 is 10.6 Å². The highest BCUT2D eigenvalue weighted by molar-refractivity contribution is 5.90. The molecule has 3 rings (SSSR count). The molecule has 3 aromatic carbocycles. The largest absolute Gasteiger partial charge is 0.388 e. The number of hydrogen-bond donors (Lipinski definition) is 2. The summed E-state index contributed by atoms with van der Waals surface area (Å²) in [5, 5.41) is 6.43. The molecule has 0 heterocycles. The van der Waals surface area contributed by atoms with Crippen LogP contribution in [-0.4, -0.2) is 14.1 Å². The summed E-state index contributed by atoms with van der Waals surface area (Å²) in [5.74, 6) is 0. The van der Waals surface area contributed by atoms with Gasteiger partial charge in [0.25, 0.3) is 0 Å². The maximum atomic E-state index is 4.38. The van der Waals surface area contributed by atoms with E-state index in [2.05, 4.69) is 84.8 Å². The van der Waals surface area contributed by atoms with Gasteiger partial charge in [0.1, 0.15) is 0 Å². The third kappa shape index (κ3) is 3.43. The van der Waals surface area contributed by atoms with E-state index in [4.69, 9.17) is 0 Å². The molecule has 0 aliphatic rings. The lowest BCUT2D eigenvalue weighted by Crippen LogP contribution is -1.97. The minimum Gasteiger partial charge on any atom is -0.388 e. The molecule has 0 spiro atoms. The molecule has 0 aliphatic heterocycles. The molecule has 0 amide bonds. The molecule has 0 saturated carbocycles. The summed E-state index contributed by atoms with van der Waals surface area (Å²) in [7, 11) is 3.88. The molecular weight excluding hydrogens is 304 g/mol. The second-order valence-electron chi connectivity index (χ2n) is 6.13. The van der Waals surface area contributed by atoms with E-state index in [1.165, 1.54) is 16.7 Å². The summed E-state index contributed by atoms with van der Waals surface area (Å²) in [6.45, 7) is 6.53. The SMILES string of the molecule is C=C(c1ccccc1)c1cc(NC)ccc1-c1ccc(NC)cc1C. The zero-order valence-corrected chi connectivity index (χ0v) is 15.1. The van der Waals surface area contributed by atoms with Crippen LogP contribution in [0, 0.1) is 6.92 Å². The fourth-order valence-electron chi connectivity index (χ4n) is 3.10. The fraction of sp³-hybridized carbons (Fsp3) is 0.130. The van der Waals surface area contributed by atoms with Gasteiger partial charge in [-0.05, 0) is 64.6 Å². The molecule has 2 heteroatoms. The molecule has 126 valence electrons. The van der Waals surface area contributed by atoms with E-state index in [0.29, 0.717) is 0 Å². The van der Waals surface area contributed by atoms with Crippen LogP contribution in [-0.2, 0) is 0 Å². The molecule has 0 aliphatic carbocycles. The van der Waals surface area contributed by atoms with Crippen LogP contribution in [0.15, 0.2) is 73.3 Å². The van der Waals surface area contributed by atoms with Crippen molar-refractivity contribution in [3.05, 3.63) is 90.0 Å². The molecule has 3 aromatic rings. The summed E-state index contributed by atoms with van der Waals surface area (Å²) in [5.41, 5.74) is 9.20. The quantitative estimate of drug-likeness (QED) is 0.618. The molecule has 0 unspecified atom stereocenters. The molecule has 0 saturated heterocycles. The van der Waals surface area contributed by atoms with Gasteiger partial charge in [-0.2, -0.15) is 0 Å². The predicted octanol–water partition coefficient (Wildman–Crippen LogP) is 5.81. The molecule has 0 radical (unpaired) electrons. The zero-order chi connectivity index (χ0) is 17.8. The van der Waals surface area contributed by atoms with Crippen LogP contribution in [0.5, 0.6) is 0 Å². The molecule has 0 aromatic heterocycles. The minimum absolute atomic E-state index is 1.03. The number of nitrogens with one attached hydrogen (secondary N) is 2. The summed E-state index contributed by atoms with van der Waals surface area (Å²) in [6, 6.07) is 23.3. The molecule has 0 fully saturated rings. The van der Waals surface area contributed by atoms with Gasteiger partial charge in [-0.15, -0.1) is 0 Å². The number of hydrogen-bond acceptors (Lipinski definition) is 2. The lowest BCUT2D eigenvalue weighted by atomic mass is 9.89. The Bertz CT molecular complexity index is 895. The maximum Gasteiger partial charge on any atom is 0.0344 e. The molecule has 2 nitrogen and oxygen atoms in total. The number of anilines is 2. The van der Waals surface area contributed by atoms with Crippen LogP contribution >= 0.6 is 0 Å². The fourth-order valence-corrected chi connectivity index (χ4v) is 3.10. The van der Waals surface area contributed by atoms with Crippen LogP contribution in [0.3, 0.4) is 0 Å². The van der Waals surface area contributed by atoms with Gasteiger partial charge in [0, 0.05) is 25.5 Å². The van der Waals surface area contributed by atoms with Crippen molar-refractivity contribution in [2.24, 2.45) is 0 Å². The Morgan fingerprint density at radius 2 is 1.36 bits per heavy atom. The van der Waals surface area contributed by atoms with Gasteiger partial charge in [0.2, 0.25) is 0 Å². The highest BCUT2D eigenvalue weighted by atomic mass is 14.8. The Hall–Kier alpha value is -3.00. The van der Waals surface area contributed by atoms with Gasteiger partial charge >= 0.3 is 0 Å². The number of rotatable bonds is 5. The van der Waals surface area contributed by atoms with Crippen LogP contribution in [0.1, 0.15) is 16.7 Å². The number of aryl methyl sites for hydroxylation is 1. The van der Waals surface area contributed by atoms with Crippen LogP contribution in [0.4, 0.5) is 11.4 Å². The van der Waals surface area contributed by atoms with E-state index in [9.17, 15) is 0 Å². The molecular formula is C23H24N2. The lowest BCUT2D eigenvalue weighted by Gasteiger charge is -2.17. The van der Waals surface area contributed by atoms with Crippen molar-refractivity contribution in [1.82, 2.24) is 0 Å². The average Bonchev–Trinajstić information content (AvgIpc) is 2.67. The van der Waals surface area contributed by atoms with Crippen LogP contribution < -0.4 is 10.6 Å². The van der Waals surface area contributed by atoms with Crippen molar-refractivity contribution in [3.8, 4) is 11.1 Å². The van der Waals surface area contributed by atoms with E-state index >= 15 is 0 Å². The van der Waals surface area contributed by atoms with Gasteiger partial charge in [0.15, 0.2) is 0 Å². The first-order chi connectivity index (χ1) is 12.1. The van der Waals surface area contributed by atoms with Crippen molar-refractivity contribution < 1.29 is 0 Å². The summed E-state index contributed by atoms with van der Waals surface area (Å²) in [4.78, 5) is 0. The van der Waals surface area contributed by atoms with E-state index in [-0.39, 0.29) is 0 Å².